The Hall–Kier alpha value is -3.80. The molecule has 21 nitrogen and oxygen atoms in total. The van der Waals surface area contributed by atoms with Gasteiger partial charge in [0.1, 0.15) is 16.8 Å². The van der Waals surface area contributed by atoms with Crippen molar-refractivity contribution in [2.75, 3.05) is 111 Å². The molecule has 2 atom stereocenters. The third-order valence-corrected chi connectivity index (χ3v) is 19.7. The number of halogens is 5. The Morgan fingerprint density at radius 2 is 0.956 bits per heavy atom. The van der Waals surface area contributed by atoms with E-state index >= 15 is 0 Å². The summed E-state index contributed by atoms with van der Waals surface area (Å²) in [5, 5.41) is 10.9. The molecule has 492 valence electrons. The first-order valence-corrected chi connectivity index (χ1v) is 37.0. The Balaban J connectivity index is 0.000000189. The molecule has 91 heavy (non-hydrogen) atoms. The summed E-state index contributed by atoms with van der Waals surface area (Å²) in [5.74, 6) is 1.72. The molecule has 0 spiro atoms. The van der Waals surface area contributed by atoms with Crippen molar-refractivity contribution in [3.8, 4) is 0 Å². The molecule has 2 N–H and O–H groups in total. The fourth-order valence-electron chi connectivity index (χ4n) is 11.5. The number of anilines is 4. The Morgan fingerprint density at radius 3 is 1.33 bits per heavy atom. The summed E-state index contributed by atoms with van der Waals surface area (Å²) >= 11 is 22.2. The normalized spacial score (nSPS) is 20.2. The largest absolute Gasteiger partial charge is 2.00 e. The van der Waals surface area contributed by atoms with Crippen molar-refractivity contribution < 1.29 is 57.6 Å². The van der Waals surface area contributed by atoms with E-state index < -0.39 is 20.0 Å². The molecule has 0 unspecified atom stereocenters. The molecule has 8 aliphatic rings. The molecule has 8 fully saturated rings. The average Bonchev–Trinajstić information content (AvgIpc) is 1.76. The summed E-state index contributed by atoms with van der Waals surface area (Å²) in [6, 6.07) is 16.4. The molecule has 5 saturated heterocycles. The van der Waals surface area contributed by atoms with E-state index in [9.17, 15) is 26.4 Å². The third kappa shape index (κ3) is 19.9. The summed E-state index contributed by atoms with van der Waals surface area (Å²) < 4.78 is 72.4. The van der Waals surface area contributed by atoms with E-state index in [1.165, 1.54) is 82.1 Å². The van der Waals surface area contributed by atoms with E-state index in [1.807, 2.05) is 16.6 Å². The van der Waals surface area contributed by atoms with Crippen molar-refractivity contribution in [2.45, 2.75) is 132 Å². The van der Waals surface area contributed by atoms with Gasteiger partial charge in [0, 0.05) is 103 Å². The van der Waals surface area contributed by atoms with Gasteiger partial charge in [0.05, 0.1) is 84.9 Å². The van der Waals surface area contributed by atoms with Crippen LogP contribution in [0.15, 0.2) is 60.7 Å². The summed E-state index contributed by atoms with van der Waals surface area (Å²) in [6.07, 6.45) is 24.0. The molecule has 5 aliphatic heterocycles. The van der Waals surface area contributed by atoms with Crippen LogP contribution in [0.3, 0.4) is 0 Å². The number of alkyl halides is 1. The first-order chi connectivity index (χ1) is 42.9. The summed E-state index contributed by atoms with van der Waals surface area (Å²) in [6.45, 7) is 8.62. The number of ether oxygens (including phenoxy) is 3. The topological polar surface area (TPSA) is 228 Å². The molecule has 14 rings (SSSR count). The number of benzene rings is 2. The van der Waals surface area contributed by atoms with Gasteiger partial charge in [-0.05, 0) is 113 Å². The maximum atomic E-state index is 13.9. The van der Waals surface area contributed by atoms with E-state index in [-0.39, 0.29) is 86.4 Å². The first kappa shape index (κ1) is 73.0. The summed E-state index contributed by atoms with van der Waals surface area (Å²) in [5.41, 5.74) is 4.80. The van der Waals surface area contributed by atoms with E-state index in [0.29, 0.717) is 91.5 Å². The number of fused-ring (bicyclic) bond motifs is 2. The van der Waals surface area contributed by atoms with Gasteiger partial charge in [0.25, 0.3) is 11.8 Å². The zero-order valence-electron chi connectivity index (χ0n) is 51.7. The second kappa shape index (κ2) is 34.2. The number of likely N-dealkylation sites (tertiary alicyclic amines) is 2. The van der Waals surface area contributed by atoms with Gasteiger partial charge in [-0.2, -0.15) is 32.1 Å². The molecule has 3 aliphatic carbocycles. The van der Waals surface area contributed by atoms with Gasteiger partial charge in [0.15, 0.2) is 11.3 Å². The number of piperidine rings is 2. The van der Waals surface area contributed by atoms with Gasteiger partial charge in [-0.1, -0.05) is 63.6 Å². The molecule has 2 aromatic carbocycles. The number of carbonyl (C=O) groups excluding carboxylic acids is 2. The van der Waals surface area contributed by atoms with Crippen LogP contribution in [0.25, 0.3) is 11.3 Å². The van der Waals surface area contributed by atoms with Crippen molar-refractivity contribution in [3.05, 3.63) is 110 Å². The zero-order valence-corrected chi connectivity index (χ0v) is 60.2. The maximum absolute atomic E-state index is 13.9. The Bertz CT molecular complexity index is 3630. The zero-order chi connectivity index (χ0) is 62.7. The van der Waals surface area contributed by atoms with Crippen LogP contribution in [0.2, 0.25) is 15.2 Å². The van der Waals surface area contributed by atoms with Crippen LogP contribution in [0.5, 0.6) is 0 Å². The fraction of sp³-hybridized carbons (Fsp3) is 0.565. The van der Waals surface area contributed by atoms with Gasteiger partial charge in [-0.15, -0.1) is 6.42 Å². The fourth-order valence-corrected chi connectivity index (χ4v) is 13.9. The van der Waals surface area contributed by atoms with Crippen LogP contribution in [0, 0.1) is 6.42 Å². The minimum Gasteiger partial charge on any atom is -1.00 e. The SMILES string of the molecule is BrC1CCC1.C1CCOC1.CS(=O)(=O)Nc1ccc(Cl)cc1C(=O)N1CCCC[C@H]1c1cc2nc(C3CCC3)cc(N3CCOCC3)n2n1.CS(=O)(=O)Nc1ccc(Cl)cc1C(=O)N1CCCC[C@H]1c1cc2nc(Cl)cc(N3CCOCC3)n2n1.[Br-].[CH-]1CCC1.[Mg+2]. The number of aromatic nitrogens is 6. The molecule has 6 aromatic rings. The van der Waals surface area contributed by atoms with Crippen LogP contribution < -0.4 is 36.2 Å². The van der Waals surface area contributed by atoms with Crippen molar-refractivity contribution >= 4 is 140 Å². The Morgan fingerprint density at radius 1 is 0.538 bits per heavy atom. The smallest absolute Gasteiger partial charge is 1.00 e. The second-order valence-electron chi connectivity index (χ2n) is 23.7. The van der Waals surface area contributed by atoms with Crippen LogP contribution in [0.1, 0.15) is 165 Å². The molecule has 4 aromatic heterocycles. The standard InChI is InChI=1S/C27H33ClN6O4S.C23H26Cl2N6O4S.C4H7Br.C4H8O.C4H7.BrH.Mg/c1-39(36,37)31-21-9-8-19(28)15-20(21)27(35)33-10-3-2-7-24(33)23-16-25-29-22(18-5-4-6-18)17-26(34(25)30-23)32-11-13-38-14-12-32;1-36(33,34)28-17-6-5-15(24)12-16(17)23(32)30-7-3-2-4-19(30)18-13-21-26-20(25)14-22(31(21)27-18)29-8-10-35-11-9-29;5-4-2-1-3-4;1-2-4-5-3-1;1-2-4-3-1;;/h8-9,15-18,24,31H,2-7,10-14H2,1H3;5-6,12-14,19,28H,2-4,7-11H2,1H3;4H,1-3H2;1-4H2;1H,2-4H2;1H;/q;;;;-1;;+2/p-1/t24-;19-;;;;;/m00...../s1. The van der Waals surface area contributed by atoms with Crippen molar-refractivity contribution in [1.29, 1.82) is 0 Å². The number of sulfonamides is 2. The summed E-state index contributed by atoms with van der Waals surface area (Å²) in [7, 11) is -7.18. The minimum absolute atomic E-state index is 0. The molecule has 0 radical (unpaired) electrons. The van der Waals surface area contributed by atoms with Gasteiger partial charge in [-0.25, -0.2) is 26.8 Å². The summed E-state index contributed by atoms with van der Waals surface area (Å²) in [4.78, 5) is 46.0. The van der Waals surface area contributed by atoms with Crippen LogP contribution in [0.4, 0.5) is 23.0 Å². The minimum atomic E-state index is -3.59. The number of morpholine rings is 2. The van der Waals surface area contributed by atoms with E-state index in [1.54, 1.807) is 32.5 Å². The van der Waals surface area contributed by atoms with Crippen molar-refractivity contribution in [3.63, 3.8) is 0 Å². The predicted octanol–water partition coefficient (Wildman–Crippen LogP) is 8.57. The number of nitrogens with one attached hydrogen (secondary N) is 2. The number of rotatable bonds is 11. The molecule has 0 bridgehead atoms. The van der Waals surface area contributed by atoms with Crippen LogP contribution in [-0.4, -0.2) is 187 Å². The van der Waals surface area contributed by atoms with Gasteiger partial charge >= 0.3 is 23.1 Å². The van der Waals surface area contributed by atoms with Gasteiger partial charge in [-0.3, -0.25) is 19.0 Å². The molecule has 29 heteroatoms. The van der Waals surface area contributed by atoms with Crippen molar-refractivity contribution in [2.24, 2.45) is 0 Å². The Labute approximate surface area is 584 Å². The molecular formula is C62H81Br2Cl3MgN12O9S2. The average molecular weight is 1490 g/mol. The number of hydrogen-bond donors (Lipinski definition) is 2. The van der Waals surface area contributed by atoms with E-state index in [2.05, 4.69) is 52.6 Å². The predicted molar refractivity (Wildman–Crippen MR) is 359 cm³/mol. The number of hydrogen-bond acceptors (Lipinski definition) is 15. The number of amides is 2. The van der Waals surface area contributed by atoms with Crippen LogP contribution >= 0.6 is 50.7 Å². The number of nitrogens with zero attached hydrogens (tertiary/aromatic N) is 10. The number of carbonyl (C=O) groups is 2. The van der Waals surface area contributed by atoms with Crippen LogP contribution in [-0.2, 0) is 34.3 Å². The molecule has 9 heterocycles. The molecule has 2 amide bonds. The quantitative estimate of drug-likeness (QED) is 0.0536. The van der Waals surface area contributed by atoms with Crippen molar-refractivity contribution in [1.82, 2.24) is 39.0 Å². The third-order valence-electron chi connectivity index (χ3n) is 16.9. The van der Waals surface area contributed by atoms with E-state index in [0.717, 1.165) is 117 Å². The monoisotopic (exact) mass is 1490 g/mol. The first-order valence-electron chi connectivity index (χ1n) is 31.2. The van der Waals surface area contributed by atoms with E-state index in [4.69, 9.17) is 64.2 Å². The molecular weight excluding hydrogens is 1410 g/mol. The second-order valence-corrected chi connectivity index (χ2v) is 29.7. The van der Waals surface area contributed by atoms with Gasteiger partial charge < -0.3 is 57.2 Å². The Kier molecular flexibility index (Phi) is 27.5. The maximum Gasteiger partial charge on any atom is 2.00 e. The molecule has 3 saturated carbocycles. The van der Waals surface area contributed by atoms with Gasteiger partial charge in [0.2, 0.25) is 20.0 Å².